The highest BCUT2D eigenvalue weighted by Gasteiger charge is 2.32. The zero-order chi connectivity index (χ0) is 20.8. The number of amides is 3. The molecule has 0 saturated carbocycles. The first-order valence-corrected chi connectivity index (χ1v) is 8.53. The topological polar surface area (TPSA) is 125 Å². The minimum Gasteiger partial charge on any atom is -0.478 e. The van der Waals surface area contributed by atoms with E-state index in [1.54, 1.807) is 19.9 Å². The molecule has 0 spiro atoms. The molecule has 1 aromatic rings. The van der Waals surface area contributed by atoms with E-state index in [0.29, 0.717) is 6.42 Å². The quantitative estimate of drug-likeness (QED) is 0.447. The molecule has 0 atom stereocenters. The minimum atomic E-state index is -1.19. The van der Waals surface area contributed by atoms with E-state index in [-0.39, 0.29) is 22.6 Å². The summed E-state index contributed by atoms with van der Waals surface area (Å²) in [7, 11) is 0. The van der Waals surface area contributed by atoms with Crippen LogP contribution in [0.15, 0.2) is 24.3 Å². The number of anilines is 1. The molecule has 3 amide bonds. The molecule has 0 aliphatic heterocycles. The number of hydrogen-bond acceptors (Lipinski definition) is 4. The second-order valence-electron chi connectivity index (χ2n) is 8.20. The summed E-state index contributed by atoms with van der Waals surface area (Å²) < 4.78 is 0. The normalized spacial score (nSPS) is 11.4. The predicted molar refractivity (Wildman–Crippen MR) is 101 cm³/mol. The Morgan fingerprint density at radius 1 is 0.926 bits per heavy atom. The molecule has 8 nitrogen and oxygen atoms in total. The van der Waals surface area contributed by atoms with Crippen LogP contribution in [0.2, 0.25) is 0 Å². The van der Waals surface area contributed by atoms with Crippen LogP contribution in [0.3, 0.4) is 0 Å². The van der Waals surface area contributed by atoms with Gasteiger partial charge in [0.1, 0.15) is 6.42 Å². The van der Waals surface area contributed by atoms with Crippen molar-refractivity contribution in [1.82, 2.24) is 10.9 Å². The van der Waals surface area contributed by atoms with Gasteiger partial charge in [-0.25, -0.2) is 4.79 Å². The van der Waals surface area contributed by atoms with Crippen molar-refractivity contribution in [2.24, 2.45) is 10.8 Å². The molecular formula is C19H27N3O5. The summed E-state index contributed by atoms with van der Waals surface area (Å²) in [5, 5.41) is 11.5. The first-order valence-electron chi connectivity index (χ1n) is 8.53. The smallest absolute Gasteiger partial charge is 0.337 e. The molecule has 0 fully saturated rings. The Morgan fingerprint density at radius 2 is 1.52 bits per heavy atom. The molecule has 0 bridgehead atoms. The van der Waals surface area contributed by atoms with Gasteiger partial charge in [-0.15, -0.1) is 0 Å². The number of aromatic carboxylic acids is 1. The van der Waals surface area contributed by atoms with Crippen LogP contribution in [0.4, 0.5) is 5.69 Å². The molecular weight excluding hydrogens is 350 g/mol. The Bertz CT molecular complexity index is 735. The molecule has 0 aliphatic carbocycles. The van der Waals surface area contributed by atoms with Gasteiger partial charge in [0, 0.05) is 5.41 Å². The van der Waals surface area contributed by atoms with Crippen LogP contribution in [0, 0.1) is 10.8 Å². The second kappa shape index (κ2) is 8.66. The van der Waals surface area contributed by atoms with Crippen molar-refractivity contribution in [1.29, 1.82) is 0 Å². The summed E-state index contributed by atoms with van der Waals surface area (Å²) in [6.07, 6.45) is 0.0437. The van der Waals surface area contributed by atoms with Crippen LogP contribution in [-0.2, 0) is 14.4 Å². The van der Waals surface area contributed by atoms with Crippen molar-refractivity contribution in [2.75, 3.05) is 5.32 Å². The number of carbonyl (C=O) groups is 4. The number of carboxylic acid groups (broad SMARTS) is 1. The van der Waals surface area contributed by atoms with Gasteiger partial charge in [-0.1, -0.05) is 46.8 Å². The Balaban J connectivity index is 2.57. The molecule has 27 heavy (non-hydrogen) atoms. The summed E-state index contributed by atoms with van der Waals surface area (Å²) in [5.41, 5.74) is 3.79. The summed E-state index contributed by atoms with van der Waals surface area (Å²) in [5.74, 6) is -2.95. The lowest BCUT2D eigenvalue weighted by Gasteiger charge is -2.31. The third kappa shape index (κ3) is 7.47. The molecule has 1 aromatic carbocycles. The molecule has 0 unspecified atom stereocenters. The fourth-order valence-electron chi connectivity index (χ4n) is 2.86. The highest BCUT2D eigenvalue weighted by atomic mass is 16.4. The van der Waals surface area contributed by atoms with Crippen molar-refractivity contribution >= 4 is 29.4 Å². The van der Waals surface area contributed by atoms with E-state index in [2.05, 4.69) is 16.2 Å². The van der Waals surface area contributed by atoms with E-state index < -0.39 is 29.6 Å². The summed E-state index contributed by atoms with van der Waals surface area (Å²) in [6, 6.07) is 5.87. The number of carbonyl (C=O) groups excluding carboxylic acids is 3. The average Bonchev–Trinajstić information content (AvgIpc) is 2.50. The van der Waals surface area contributed by atoms with E-state index in [4.69, 9.17) is 5.11 Å². The Kier molecular flexibility index (Phi) is 7.10. The summed E-state index contributed by atoms with van der Waals surface area (Å²) in [6.45, 7) is 9.59. The monoisotopic (exact) mass is 377 g/mol. The van der Waals surface area contributed by atoms with E-state index in [1.165, 1.54) is 18.2 Å². The molecule has 0 aromatic heterocycles. The van der Waals surface area contributed by atoms with Crippen molar-refractivity contribution in [3.8, 4) is 0 Å². The van der Waals surface area contributed by atoms with E-state index in [0.717, 1.165) is 0 Å². The third-order valence-corrected chi connectivity index (χ3v) is 3.66. The van der Waals surface area contributed by atoms with Crippen LogP contribution in [-0.4, -0.2) is 28.8 Å². The predicted octanol–water partition coefficient (Wildman–Crippen LogP) is 2.32. The van der Waals surface area contributed by atoms with Crippen LogP contribution >= 0.6 is 0 Å². The lowest BCUT2D eigenvalue weighted by Crippen LogP contribution is -2.49. The van der Waals surface area contributed by atoms with E-state index >= 15 is 0 Å². The van der Waals surface area contributed by atoms with Gasteiger partial charge in [0.15, 0.2) is 0 Å². The number of carboxylic acids is 1. The van der Waals surface area contributed by atoms with Gasteiger partial charge in [0.2, 0.25) is 17.7 Å². The highest BCUT2D eigenvalue weighted by Crippen LogP contribution is 2.33. The van der Waals surface area contributed by atoms with Gasteiger partial charge in [-0.2, -0.15) is 0 Å². The van der Waals surface area contributed by atoms with Gasteiger partial charge in [0.25, 0.3) is 0 Å². The molecule has 4 N–H and O–H groups in total. The molecule has 0 heterocycles. The average molecular weight is 377 g/mol. The standard InChI is InChI=1S/C19H27N3O5/c1-18(2,3)11-19(4,5)17(27)22-21-15(24)10-14(23)20-13-9-7-6-8-12(13)16(25)26/h6-9H,10-11H2,1-5H3,(H,20,23)(H,21,24)(H,22,27)(H,25,26). The zero-order valence-electron chi connectivity index (χ0n) is 16.3. The number of hydrazine groups is 1. The Hall–Kier alpha value is -2.90. The van der Waals surface area contributed by atoms with Gasteiger partial charge < -0.3 is 10.4 Å². The summed E-state index contributed by atoms with van der Waals surface area (Å²) in [4.78, 5) is 47.2. The maximum atomic E-state index is 12.3. The fraction of sp³-hybridized carbons (Fsp3) is 0.474. The SMILES string of the molecule is CC(C)(C)CC(C)(C)C(=O)NNC(=O)CC(=O)Nc1ccccc1C(=O)O. The first kappa shape index (κ1) is 22.1. The molecule has 0 aliphatic rings. The maximum absolute atomic E-state index is 12.3. The number of hydrogen-bond donors (Lipinski definition) is 4. The van der Waals surface area contributed by atoms with Crippen molar-refractivity contribution < 1.29 is 24.3 Å². The van der Waals surface area contributed by atoms with Crippen molar-refractivity contribution in [3.05, 3.63) is 29.8 Å². The summed E-state index contributed by atoms with van der Waals surface area (Å²) >= 11 is 0. The second-order valence-corrected chi connectivity index (χ2v) is 8.20. The van der Waals surface area contributed by atoms with Gasteiger partial charge in [-0.3, -0.25) is 25.2 Å². The van der Waals surface area contributed by atoms with Crippen molar-refractivity contribution in [3.63, 3.8) is 0 Å². The van der Waals surface area contributed by atoms with Crippen molar-refractivity contribution in [2.45, 2.75) is 47.5 Å². The number of benzene rings is 1. The van der Waals surface area contributed by atoms with E-state index in [1.807, 2.05) is 20.8 Å². The molecule has 0 saturated heterocycles. The molecule has 148 valence electrons. The molecule has 0 radical (unpaired) electrons. The van der Waals surface area contributed by atoms with E-state index in [9.17, 15) is 19.2 Å². The maximum Gasteiger partial charge on any atom is 0.337 e. The van der Waals surface area contributed by atoms with Gasteiger partial charge >= 0.3 is 5.97 Å². The fourth-order valence-corrected chi connectivity index (χ4v) is 2.86. The first-order chi connectivity index (χ1) is 12.3. The highest BCUT2D eigenvalue weighted by molar-refractivity contribution is 6.06. The minimum absolute atomic E-state index is 0.0672. The molecule has 8 heteroatoms. The number of nitrogens with one attached hydrogen (secondary N) is 3. The van der Waals surface area contributed by atoms with Gasteiger partial charge in [-0.05, 0) is 24.0 Å². The Labute approximate surface area is 158 Å². The number of rotatable bonds is 6. The largest absolute Gasteiger partial charge is 0.478 e. The van der Waals surface area contributed by atoms with Gasteiger partial charge in [0.05, 0.1) is 11.3 Å². The van der Waals surface area contributed by atoms with Crippen LogP contribution in [0.25, 0.3) is 0 Å². The Morgan fingerprint density at radius 3 is 2.07 bits per heavy atom. The lowest BCUT2D eigenvalue weighted by molar-refractivity contribution is -0.136. The van der Waals surface area contributed by atoms with Crippen LogP contribution < -0.4 is 16.2 Å². The van der Waals surface area contributed by atoms with Crippen LogP contribution in [0.5, 0.6) is 0 Å². The zero-order valence-corrected chi connectivity index (χ0v) is 16.3. The lowest BCUT2D eigenvalue weighted by atomic mass is 9.76. The van der Waals surface area contributed by atoms with Crippen LogP contribution in [0.1, 0.15) is 57.8 Å². The number of para-hydroxylation sites is 1. The molecule has 1 rings (SSSR count). The third-order valence-electron chi connectivity index (χ3n) is 3.66.